The molecule has 0 aliphatic carbocycles. The predicted molar refractivity (Wildman–Crippen MR) is 64.1 cm³/mol. The van der Waals surface area contributed by atoms with Gasteiger partial charge >= 0.3 is 0 Å². The normalized spacial score (nSPS) is 10.1. The van der Waals surface area contributed by atoms with Gasteiger partial charge in [0.25, 0.3) is 0 Å². The van der Waals surface area contributed by atoms with Gasteiger partial charge in [-0.2, -0.15) is 0 Å². The van der Waals surface area contributed by atoms with Crippen molar-refractivity contribution in [1.29, 1.82) is 0 Å². The zero-order valence-corrected chi connectivity index (χ0v) is 8.46. The molecule has 0 saturated carbocycles. The molecule has 0 unspecified atom stereocenters. The molecule has 0 heterocycles. The SMILES string of the molecule is C=CC(=C)c1ccccc1N/C=C\C. The Labute approximate surface area is 85.5 Å². The molecule has 1 nitrogen and oxygen atoms in total. The molecular formula is C13H15N. The molecule has 0 aliphatic rings. The van der Waals surface area contributed by atoms with Crippen LogP contribution in [0.5, 0.6) is 0 Å². The highest BCUT2D eigenvalue weighted by molar-refractivity contribution is 5.80. The second-order valence-electron chi connectivity index (χ2n) is 2.92. The summed E-state index contributed by atoms with van der Waals surface area (Å²) in [5, 5.41) is 3.19. The van der Waals surface area contributed by atoms with Gasteiger partial charge in [0.1, 0.15) is 0 Å². The number of benzene rings is 1. The summed E-state index contributed by atoms with van der Waals surface area (Å²) < 4.78 is 0. The largest absolute Gasteiger partial charge is 0.362 e. The van der Waals surface area contributed by atoms with Crippen molar-refractivity contribution < 1.29 is 0 Å². The van der Waals surface area contributed by atoms with E-state index in [1.807, 2.05) is 43.5 Å². The van der Waals surface area contributed by atoms with E-state index in [1.54, 1.807) is 6.08 Å². The van der Waals surface area contributed by atoms with Crippen molar-refractivity contribution in [3.05, 3.63) is 61.3 Å². The smallest absolute Gasteiger partial charge is 0.0459 e. The lowest BCUT2D eigenvalue weighted by molar-refractivity contribution is 1.52. The van der Waals surface area contributed by atoms with Crippen LogP contribution < -0.4 is 5.32 Å². The Kier molecular flexibility index (Phi) is 3.74. The summed E-state index contributed by atoms with van der Waals surface area (Å²) in [6, 6.07) is 8.02. The first-order valence-corrected chi connectivity index (χ1v) is 4.58. The Morgan fingerprint density at radius 1 is 1.36 bits per heavy atom. The Morgan fingerprint density at radius 3 is 2.71 bits per heavy atom. The van der Waals surface area contributed by atoms with Crippen molar-refractivity contribution in [3.63, 3.8) is 0 Å². The van der Waals surface area contributed by atoms with Gasteiger partial charge in [0, 0.05) is 11.3 Å². The van der Waals surface area contributed by atoms with Crippen LogP contribution in [0.4, 0.5) is 5.69 Å². The highest BCUT2D eigenvalue weighted by atomic mass is 14.8. The van der Waals surface area contributed by atoms with Crippen LogP contribution in [-0.2, 0) is 0 Å². The van der Waals surface area contributed by atoms with E-state index in [0.717, 1.165) is 16.8 Å². The van der Waals surface area contributed by atoms with Crippen molar-refractivity contribution in [2.75, 3.05) is 5.32 Å². The van der Waals surface area contributed by atoms with Gasteiger partial charge in [0.15, 0.2) is 0 Å². The summed E-state index contributed by atoms with van der Waals surface area (Å²) in [5.41, 5.74) is 3.06. The minimum atomic E-state index is 0.928. The predicted octanol–water partition coefficient (Wildman–Crippen LogP) is 3.83. The molecule has 72 valence electrons. The second kappa shape index (κ2) is 5.07. The van der Waals surface area contributed by atoms with Crippen LogP contribution in [0.25, 0.3) is 5.57 Å². The summed E-state index contributed by atoms with van der Waals surface area (Å²) >= 11 is 0. The van der Waals surface area contributed by atoms with Crippen LogP contribution in [0.15, 0.2) is 55.8 Å². The number of allylic oxidation sites excluding steroid dienone is 3. The minimum absolute atomic E-state index is 0.928. The Hall–Kier alpha value is -1.76. The van der Waals surface area contributed by atoms with Crippen LogP contribution in [0.3, 0.4) is 0 Å². The highest BCUT2D eigenvalue weighted by Crippen LogP contribution is 2.22. The summed E-state index contributed by atoms with van der Waals surface area (Å²) in [7, 11) is 0. The monoisotopic (exact) mass is 185 g/mol. The summed E-state index contributed by atoms with van der Waals surface area (Å²) in [6.45, 7) is 9.61. The number of rotatable bonds is 4. The molecule has 0 fully saturated rings. The summed E-state index contributed by atoms with van der Waals surface area (Å²) in [5.74, 6) is 0. The molecule has 1 aromatic rings. The maximum atomic E-state index is 3.93. The lowest BCUT2D eigenvalue weighted by Crippen LogP contribution is -1.92. The van der Waals surface area contributed by atoms with Gasteiger partial charge in [-0.3, -0.25) is 0 Å². The maximum Gasteiger partial charge on any atom is 0.0459 e. The van der Waals surface area contributed by atoms with Crippen LogP contribution in [0, 0.1) is 0 Å². The highest BCUT2D eigenvalue weighted by Gasteiger charge is 2.00. The molecule has 1 rings (SSSR count). The fraction of sp³-hybridized carbons (Fsp3) is 0.0769. The molecule has 1 aromatic carbocycles. The lowest BCUT2D eigenvalue weighted by atomic mass is 10.1. The van der Waals surface area contributed by atoms with Crippen molar-refractivity contribution in [3.8, 4) is 0 Å². The lowest BCUT2D eigenvalue weighted by Gasteiger charge is -2.08. The van der Waals surface area contributed by atoms with E-state index in [2.05, 4.69) is 18.5 Å². The van der Waals surface area contributed by atoms with Crippen molar-refractivity contribution in [2.24, 2.45) is 0 Å². The first-order valence-electron chi connectivity index (χ1n) is 4.58. The van der Waals surface area contributed by atoms with Crippen LogP contribution in [0.1, 0.15) is 12.5 Å². The van der Waals surface area contributed by atoms with E-state index >= 15 is 0 Å². The molecular weight excluding hydrogens is 170 g/mol. The van der Waals surface area contributed by atoms with E-state index in [4.69, 9.17) is 0 Å². The average Bonchev–Trinajstić information content (AvgIpc) is 2.25. The third-order valence-electron chi connectivity index (χ3n) is 1.92. The number of hydrogen-bond donors (Lipinski definition) is 1. The quantitative estimate of drug-likeness (QED) is 0.703. The minimum Gasteiger partial charge on any atom is -0.362 e. The van der Waals surface area contributed by atoms with E-state index < -0.39 is 0 Å². The zero-order chi connectivity index (χ0) is 10.4. The Balaban J connectivity index is 3.02. The molecule has 0 spiro atoms. The van der Waals surface area contributed by atoms with Crippen LogP contribution in [0.2, 0.25) is 0 Å². The third kappa shape index (κ3) is 2.36. The number of para-hydroxylation sites is 1. The number of anilines is 1. The zero-order valence-electron chi connectivity index (χ0n) is 8.46. The molecule has 1 heteroatoms. The van der Waals surface area contributed by atoms with Crippen LogP contribution >= 0.6 is 0 Å². The maximum absolute atomic E-state index is 3.93. The Bertz CT molecular complexity index is 361. The van der Waals surface area contributed by atoms with Gasteiger partial charge in [-0.15, -0.1) is 0 Å². The molecule has 0 atom stereocenters. The summed E-state index contributed by atoms with van der Waals surface area (Å²) in [6.07, 6.45) is 5.61. The van der Waals surface area contributed by atoms with Crippen molar-refractivity contribution in [1.82, 2.24) is 0 Å². The van der Waals surface area contributed by atoms with E-state index in [-0.39, 0.29) is 0 Å². The molecule has 14 heavy (non-hydrogen) atoms. The fourth-order valence-corrected chi connectivity index (χ4v) is 1.17. The van der Waals surface area contributed by atoms with Gasteiger partial charge in [-0.25, -0.2) is 0 Å². The molecule has 0 aromatic heterocycles. The molecule has 0 radical (unpaired) electrons. The van der Waals surface area contributed by atoms with Gasteiger partial charge < -0.3 is 5.32 Å². The second-order valence-corrected chi connectivity index (χ2v) is 2.92. The molecule has 0 saturated heterocycles. The third-order valence-corrected chi connectivity index (χ3v) is 1.92. The molecule has 1 N–H and O–H groups in total. The van der Waals surface area contributed by atoms with E-state index in [1.165, 1.54) is 0 Å². The topological polar surface area (TPSA) is 12.0 Å². The Morgan fingerprint density at radius 2 is 2.07 bits per heavy atom. The average molecular weight is 185 g/mol. The fourth-order valence-electron chi connectivity index (χ4n) is 1.17. The molecule has 0 bridgehead atoms. The number of hydrogen-bond acceptors (Lipinski definition) is 1. The summed E-state index contributed by atoms with van der Waals surface area (Å²) in [4.78, 5) is 0. The number of nitrogens with one attached hydrogen (secondary N) is 1. The van der Waals surface area contributed by atoms with Crippen LogP contribution in [-0.4, -0.2) is 0 Å². The van der Waals surface area contributed by atoms with Gasteiger partial charge in [-0.05, 0) is 24.8 Å². The van der Waals surface area contributed by atoms with Gasteiger partial charge in [-0.1, -0.05) is 43.5 Å². The molecule has 0 amide bonds. The van der Waals surface area contributed by atoms with Crippen molar-refractivity contribution in [2.45, 2.75) is 6.92 Å². The van der Waals surface area contributed by atoms with Crippen molar-refractivity contribution >= 4 is 11.3 Å². The standard InChI is InChI=1S/C13H15N/c1-4-10-14-13-9-7-6-8-12(13)11(3)5-2/h4-10,14H,2-3H2,1H3/b10-4-. The first kappa shape index (κ1) is 10.3. The first-order chi connectivity index (χ1) is 6.79. The van der Waals surface area contributed by atoms with Gasteiger partial charge in [0.2, 0.25) is 0 Å². The van der Waals surface area contributed by atoms with E-state index in [0.29, 0.717) is 0 Å². The van der Waals surface area contributed by atoms with E-state index in [9.17, 15) is 0 Å². The molecule has 0 aliphatic heterocycles. The van der Waals surface area contributed by atoms with Gasteiger partial charge in [0.05, 0.1) is 0 Å².